The zero-order valence-electron chi connectivity index (χ0n) is 15.5. The van der Waals surface area contributed by atoms with Crippen molar-refractivity contribution in [3.05, 3.63) is 0 Å². The highest BCUT2D eigenvalue weighted by Crippen LogP contribution is 2.56. The van der Waals surface area contributed by atoms with Crippen LogP contribution in [-0.2, 0) is 19.0 Å². The topological polar surface area (TPSA) is 82.1 Å². The van der Waals surface area contributed by atoms with E-state index in [0.717, 1.165) is 14.0 Å². The zero-order chi connectivity index (χ0) is 19.1. The molecule has 1 rings (SSSR count). The molecule has 1 aliphatic rings. The molecular weight excluding hydrogens is 321 g/mol. The highest BCUT2D eigenvalue weighted by molar-refractivity contribution is 6.00. The van der Waals surface area contributed by atoms with Crippen LogP contribution in [0.2, 0.25) is 0 Å². The molecule has 24 heavy (non-hydrogen) atoms. The third kappa shape index (κ3) is 3.96. The van der Waals surface area contributed by atoms with Crippen LogP contribution in [-0.4, -0.2) is 52.6 Å². The Labute approximate surface area is 141 Å². The largest absolute Gasteiger partial charge is 0.467 e. The molecule has 0 spiro atoms. The van der Waals surface area contributed by atoms with Gasteiger partial charge in [0.05, 0.1) is 7.11 Å². The predicted octanol–water partition coefficient (Wildman–Crippen LogP) is 3.20. The van der Waals surface area contributed by atoms with E-state index in [0.29, 0.717) is 4.90 Å². The van der Waals surface area contributed by atoms with Crippen LogP contribution in [0.5, 0.6) is 0 Å². The van der Waals surface area contributed by atoms with Crippen LogP contribution in [0.25, 0.3) is 0 Å². The van der Waals surface area contributed by atoms with E-state index in [1.54, 1.807) is 41.5 Å². The van der Waals surface area contributed by atoms with Gasteiger partial charge in [0, 0.05) is 6.42 Å². The van der Waals surface area contributed by atoms with Gasteiger partial charge in [0.2, 0.25) is 0 Å². The second kappa shape index (κ2) is 5.89. The number of esters is 1. The summed E-state index contributed by atoms with van der Waals surface area (Å²) in [6.45, 7) is 10.6. The summed E-state index contributed by atoms with van der Waals surface area (Å²) in [4.78, 5) is 37.6. The van der Waals surface area contributed by atoms with Gasteiger partial charge in [0.15, 0.2) is 5.54 Å². The van der Waals surface area contributed by atoms with Crippen LogP contribution in [0.1, 0.15) is 54.9 Å². The molecule has 0 aromatic heterocycles. The van der Waals surface area contributed by atoms with Crippen molar-refractivity contribution < 1.29 is 33.0 Å². The number of imide groups is 1. The summed E-state index contributed by atoms with van der Waals surface area (Å²) >= 11 is 0. The summed E-state index contributed by atoms with van der Waals surface area (Å²) in [5.74, 6) is -1.04. The summed E-state index contributed by atoms with van der Waals surface area (Å²) in [7, 11) is 1.06. The molecule has 1 aliphatic carbocycles. The second-order valence-corrected chi connectivity index (χ2v) is 8.02. The van der Waals surface area contributed by atoms with Crippen molar-refractivity contribution in [2.45, 2.75) is 77.3 Å². The average Bonchev–Trinajstić information content (AvgIpc) is 2.87. The molecule has 0 radical (unpaired) electrons. The lowest BCUT2D eigenvalue weighted by Crippen LogP contribution is -2.56. The summed E-state index contributed by atoms with van der Waals surface area (Å²) in [5, 5.41) is 0. The Morgan fingerprint density at radius 2 is 1.29 bits per heavy atom. The van der Waals surface area contributed by atoms with Gasteiger partial charge >= 0.3 is 18.2 Å². The number of methoxy groups -OCH3 is 1. The third-order valence-corrected chi connectivity index (χ3v) is 3.38. The molecule has 7 nitrogen and oxygen atoms in total. The fourth-order valence-electron chi connectivity index (χ4n) is 2.29. The van der Waals surface area contributed by atoms with E-state index in [4.69, 9.17) is 9.47 Å². The summed E-state index contributed by atoms with van der Waals surface area (Å²) < 4.78 is 29.6. The fraction of sp³-hybridized carbons (Fsp3) is 0.812. The van der Waals surface area contributed by atoms with Crippen molar-refractivity contribution in [1.82, 2.24) is 4.90 Å². The maximum Gasteiger partial charge on any atom is 0.420 e. The molecule has 0 aromatic carbocycles. The lowest BCUT2D eigenvalue weighted by atomic mass is 10.1. The molecule has 1 fully saturated rings. The number of hydrogen-bond donors (Lipinski definition) is 0. The van der Waals surface area contributed by atoms with Gasteiger partial charge in [-0.1, -0.05) is 0 Å². The normalized spacial score (nSPS) is 26.4. The van der Waals surface area contributed by atoms with Crippen LogP contribution in [0.15, 0.2) is 0 Å². The van der Waals surface area contributed by atoms with Gasteiger partial charge in [-0.05, 0) is 48.5 Å². The Morgan fingerprint density at radius 1 is 0.958 bits per heavy atom. The standard InChI is InChI=1S/C16H26FNO6/c1-13(2,3)23-11(20)18(12(21)24-14(4,5)6)16(10(19)22-8)9-15(16,7)17/h9H2,1-8H3/t15-,16+/m1/s1. The number of rotatable bonds is 2. The molecule has 2 amide bonds. The minimum Gasteiger partial charge on any atom is -0.467 e. The van der Waals surface area contributed by atoms with Gasteiger partial charge in [-0.15, -0.1) is 0 Å². The third-order valence-electron chi connectivity index (χ3n) is 3.38. The molecule has 8 heteroatoms. The Morgan fingerprint density at radius 3 is 1.50 bits per heavy atom. The van der Waals surface area contributed by atoms with Gasteiger partial charge in [-0.25, -0.2) is 18.8 Å². The van der Waals surface area contributed by atoms with Crippen molar-refractivity contribution in [1.29, 1.82) is 0 Å². The number of carbonyl (C=O) groups is 3. The monoisotopic (exact) mass is 347 g/mol. The van der Waals surface area contributed by atoms with Gasteiger partial charge in [0.1, 0.15) is 16.9 Å². The number of ether oxygens (including phenoxy) is 3. The van der Waals surface area contributed by atoms with Crippen molar-refractivity contribution in [3.8, 4) is 0 Å². The van der Waals surface area contributed by atoms with Gasteiger partial charge in [0.25, 0.3) is 0 Å². The summed E-state index contributed by atoms with van der Waals surface area (Å²) in [6, 6.07) is 0. The first kappa shape index (κ1) is 20.2. The Bertz CT molecular complexity index is 518. The molecule has 138 valence electrons. The quantitative estimate of drug-likeness (QED) is 0.563. The number of nitrogens with zero attached hydrogens (tertiary/aromatic N) is 1. The number of carbonyl (C=O) groups excluding carboxylic acids is 3. The minimum absolute atomic E-state index is 0.384. The van der Waals surface area contributed by atoms with Crippen molar-refractivity contribution >= 4 is 18.2 Å². The molecule has 0 aromatic rings. The molecule has 0 N–H and O–H groups in total. The molecule has 0 unspecified atom stereocenters. The van der Waals surface area contributed by atoms with Crippen LogP contribution >= 0.6 is 0 Å². The number of hydrogen-bond acceptors (Lipinski definition) is 6. The SMILES string of the molecule is COC(=O)[C@@]1(N(C(=O)OC(C)(C)C)C(=O)OC(C)(C)C)C[C@@]1(C)F. The molecule has 0 aliphatic heterocycles. The summed E-state index contributed by atoms with van der Waals surface area (Å²) in [5.41, 5.74) is -6.12. The molecule has 0 saturated heterocycles. The number of halogens is 1. The van der Waals surface area contributed by atoms with Crippen molar-refractivity contribution in [3.63, 3.8) is 0 Å². The lowest BCUT2D eigenvalue weighted by molar-refractivity contribution is -0.150. The predicted molar refractivity (Wildman–Crippen MR) is 83.2 cm³/mol. The molecule has 1 saturated carbocycles. The Kier molecular flexibility index (Phi) is 4.96. The molecular formula is C16H26FNO6. The van der Waals surface area contributed by atoms with Crippen LogP contribution in [0.4, 0.5) is 14.0 Å². The van der Waals surface area contributed by atoms with Crippen molar-refractivity contribution in [2.24, 2.45) is 0 Å². The van der Waals surface area contributed by atoms with Crippen LogP contribution < -0.4 is 0 Å². The molecule has 0 bridgehead atoms. The number of alkyl halides is 1. The molecule has 0 heterocycles. The summed E-state index contributed by atoms with van der Waals surface area (Å²) in [6.07, 6.45) is -2.71. The highest BCUT2D eigenvalue weighted by Gasteiger charge is 2.79. The first-order valence-electron chi connectivity index (χ1n) is 7.61. The lowest BCUT2D eigenvalue weighted by Gasteiger charge is -2.33. The van der Waals surface area contributed by atoms with E-state index < -0.39 is 40.6 Å². The van der Waals surface area contributed by atoms with E-state index in [1.165, 1.54) is 0 Å². The Hall–Kier alpha value is -1.86. The van der Waals surface area contributed by atoms with Crippen LogP contribution in [0, 0.1) is 0 Å². The average molecular weight is 347 g/mol. The van der Waals surface area contributed by atoms with Gasteiger partial charge in [-0.2, -0.15) is 4.90 Å². The van der Waals surface area contributed by atoms with Gasteiger partial charge < -0.3 is 14.2 Å². The van der Waals surface area contributed by atoms with E-state index in [2.05, 4.69) is 4.74 Å². The Balaban J connectivity index is 3.31. The van der Waals surface area contributed by atoms with E-state index in [-0.39, 0.29) is 6.42 Å². The van der Waals surface area contributed by atoms with Crippen molar-refractivity contribution in [2.75, 3.05) is 7.11 Å². The number of amides is 2. The maximum absolute atomic E-state index is 14.6. The highest BCUT2D eigenvalue weighted by atomic mass is 19.1. The maximum atomic E-state index is 14.6. The minimum atomic E-state index is -2.13. The van der Waals surface area contributed by atoms with E-state index >= 15 is 0 Å². The zero-order valence-corrected chi connectivity index (χ0v) is 15.5. The first-order chi connectivity index (χ1) is 10.6. The van der Waals surface area contributed by atoms with Crippen LogP contribution in [0.3, 0.4) is 0 Å². The van der Waals surface area contributed by atoms with E-state index in [9.17, 15) is 18.8 Å². The first-order valence-corrected chi connectivity index (χ1v) is 7.61. The smallest absolute Gasteiger partial charge is 0.420 e. The van der Waals surface area contributed by atoms with E-state index in [1.807, 2.05) is 0 Å². The molecule has 2 atom stereocenters. The second-order valence-electron chi connectivity index (χ2n) is 8.02. The fourth-order valence-corrected chi connectivity index (χ4v) is 2.29. The van der Waals surface area contributed by atoms with Gasteiger partial charge in [-0.3, -0.25) is 0 Å².